The monoisotopic (exact) mass is 289 g/mol. The van der Waals surface area contributed by atoms with E-state index in [1.54, 1.807) is 6.07 Å². The first-order valence-electron chi connectivity index (χ1n) is 7.32. The summed E-state index contributed by atoms with van der Waals surface area (Å²) in [5.41, 5.74) is 0.914. The van der Waals surface area contributed by atoms with Gasteiger partial charge in [-0.15, -0.1) is 6.58 Å². The lowest BCUT2D eigenvalue weighted by molar-refractivity contribution is -0.141. The molecule has 0 radical (unpaired) electrons. The molecule has 0 atom stereocenters. The lowest BCUT2D eigenvalue weighted by atomic mass is 9.79. The molecular weight excluding hydrogens is 269 g/mol. The number of rotatable bonds is 4. The maximum Gasteiger partial charge on any atom is 0.228 e. The summed E-state index contributed by atoms with van der Waals surface area (Å²) in [7, 11) is 0. The smallest absolute Gasteiger partial charge is 0.228 e. The summed E-state index contributed by atoms with van der Waals surface area (Å²) < 4.78 is 12.8. The van der Waals surface area contributed by atoms with Crippen molar-refractivity contribution in [3.05, 3.63) is 42.5 Å². The van der Waals surface area contributed by atoms with E-state index in [1.165, 1.54) is 6.07 Å². The van der Waals surface area contributed by atoms with Crippen LogP contribution in [0.25, 0.3) is 0 Å². The maximum atomic E-state index is 12.8. The number of amides is 1. The molecule has 2 aliphatic heterocycles. The van der Waals surface area contributed by atoms with Crippen LogP contribution in [0.5, 0.6) is 0 Å². The second-order valence-electron chi connectivity index (χ2n) is 6.17. The second-order valence-corrected chi connectivity index (χ2v) is 6.17. The zero-order valence-corrected chi connectivity index (χ0v) is 12.1. The minimum atomic E-state index is -0.373. The fourth-order valence-corrected chi connectivity index (χ4v) is 3.34. The van der Waals surface area contributed by atoms with Gasteiger partial charge in [-0.25, -0.2) is 4.39 Å². The van der Waals surface area contributed by atoms with Crippen molar-refractivity contribution in [2.24, 2.45) is 5.41 Å². The van der Waals surface area contributed by atoms with E-state index in [2.05, 4.69) is 16.5 Å². The van der Waals surface area contributed by atoms with E-state index in [0.717, 1.165) is 45.3 Å². The molecule has 0 unspecified atom stereocenters. The fourth-order valence-electron chi connectivity index (χ4n) is 3.34. The van der Waals surface area contributed by atoms with Crippen molar-refractivity contribution in [1.29, 1.82) is 0 Å². The van der Waals surface area contributed by atoms with Gasteiger partial charge in [-0.3, -0.25) is 14.7 Å². The van der Waals surface area contributed by atoms with E-state index in [1.807, 2.05) is 11.0 Å². The Labute approximate surface area is 124 Å². The van der Waals surface area contributed by atoms with Crippen molar-refractivity contribution < 1.29 is 9.18 Å². The highest BCUT2D eigenvalue weighted by atomic mass is 19.1. The number of aromatic nitrogens is 1. The lowest BCUT2D eigenvalue weighted by Gasteiger charge is -2.48. The number of hydrogen-bond acceptors (Lipinski definition) is 3. The van der Waals surface area contributed by atoms with E-state index < -0.39 is 0 Å². The zero-order chi connectivity index (χ0) is 14.9. The molecule has 0 aliphatic carbocycles. The van der Waals surface area contributed by atoms with Gasteiger partial charge in [0.2, 0.25) is 5.91 Å². The predicted molar refractivity (Wildman–Crippen MR) is 78.2 cm³/mol. The third-order valence-electron chi connectivity index (χ3n) is 4.43. The number of carbonyl (C=O) groups is 1. The van der Waals surface area contributed by atoms with Crippen molar-refractivity contribution in [1.82, 2.24) is 14.8 Å². The Kier molecular flexibility index (Phi) is 3.76. The highest BCUT2D eigenvalue weighted by Crippen LogP contribution is 2.39. The van der Waals surface area contributed by atoms with Crippen molar-refractivity contribution in [2.45, 2.75) is 12.8 Å². The fraction of sp³-hybridized carbons (Fsp3) is 0.500. The van der Waals surface area contributed by atoms with Crippen LogP contribution in [0.1, 0.15) is 12.1 Å². The summed E-state index contributed by atoms with van der Waals surface area (Å²) in [6, 6.07) is 2.92. The molecule has 1 amide bonds. The van der Waals surface area contributed by atoms with Crippen LogP contribution in [0.3, 0.4) is 0 Å². The average molecular weight is 289 g/mol. The molecule has 21 heavy (non-hydrogen) atoms. The summed E-state index contributed by atoms with van der Waals surface area (Å²) in [4.78, 5) is 20.4. The van der Waals surface area contributed by atoms with Gasteiger partial charge in [0.1, 0.15) is 5.82 Å². The molecular formula is C16H20FN3O. The zero-order valence-electron chi connectivity index (χ0n) is 12.1. The van der Waals surface area contributed by atoms with E-state index in [4.69, 9.17) is 0 Å². The molecule has 3 rings (SSSR count). The number of pyridine rings is 1. The van der Waals surface area contributed by atoms with Crippen LogP contribution in [0.4, 0.5) is 4.39 Å². The van der Waals surface area contributed by atoms with Crippen LogP contribution >= 0.6 is 0 Å². The van der Waals surface area contributed by atoms with Gasteiger partial charge in [-0.05, 0) is 25.1 Å². The quantitative estimate of drug-likeness (QED) is 0.788. The minimum Gasteiger partial charge on any atom is -0.341 e. The van der Waals surface area contributed by atoms with E-state index in [9.17, 15) is 9.18 Å². The normalized spacial score (nSPS) is 20.5. The lowest BCUT2D eigenvalue weighted by Crippen LogP contribution is -2.59. The van der Waals surface area contributed by atoms with Gasteiger partial charge in [0, 0.05) is 37.3 Å². The molecule has 1 aromatic rings. The largest absolute Gasteiger partial charge is 0.341 e. The molecule has 112 valence electrons. The molecule has 0 aromatic carbocycles. The first kappa shape index (κ1) is 14.2. The van der Waals surface area contributed by atoms with E-state index >= 15 is 0 Å². The topological polar surface area (TPSA) is 36.4 Å². The molecule has 2 aliphatic rings. The Morgan fingerprint density at radius 3 is 2.90 bits per heavy atom. The molecule has 1 aromatic heterocycles. The molecule has 1 spiro atoms. The van der Waals surface area contributed by atoms with Gasteiger partial charge >= 0.3 is 0 Å². The number of carbonyl (C=O) groups excluding carboxylic acids is 1. The Bertz CT molecular complexity index is 537. The van der Waals surface area contributed by atoms with Crippen LogP contribution in [0, 0.1) is 11.2 Å². The molecule has 3 heterocycles. The highest BCUT2D eigenvalue weighted by Gasteiger charge is 2.48. The molecule has 0 N–H and O–H groups in total. The number of hydrogen-bond donors (Lipinski definition) is 0. The van der Waals surface area contributed by atoms with E-state index in [0.29, 0.717) is 5.69 Å². The van der Waals surface area contributed by atoms with Gasteiger partial charge < -0.3 is 4.90 Å². The SMILES string of the molecule is C=CCN1CCC2(C1)CN(C(=O)Cc1ccc(F)cn1)C2. The van der Waals surface area contributed by atoms with E-state index in [-0.39, 0.29) is 23.6 Å². The Balaban J connectivity index is 1.51. The average Bonchev–Trinajstić information content (AvgIpc) is 2.84. The highest BCUT2D eigenvalue weighted by molar-refractivity contribution is 5.79. The minimum absolute atomic E-state index is 0.0851. The van der Waals surface area contributed by atoms with Gasteiger partial charge in [0.15, 0.2) is 0 Å². The number of nitrogens with zero attached hydrogens (tertiary/aromatic N) is 3. The summed E-state index contributed by atoms with van der Waals surface area (Å²) in [5, 5.41) is 0. The first-order valence-corrected chi connectivity index (χ1v) is 7.32. The molecule has 4 nitrogen and oxygen atoms in total. The molecule has 2 fully saturated rings. The van der Waals surface area contributed by atoms with Crippen molar-refractivity contribution in [2.75, 3.05) is 32.7 Å². The standard InChI is InChI=1S/C16H20FN3O/c1-2-6-19-7-5-16(10-19)11-20(12-16)15(21)8-14-4-3-13(17)9-18-14/h2-4,9H,1,5-8,10-12H2. The summed E-state index contributed by atoms with van der Waals surface area (Å²) in [6.45, 7) is 8.51. The van der Waals surface area contributed by atoms with Gasteiger partial charge in [-0.2, -0.15) is 0 Å². The van der Waals surface area contributed by atoms with Gasteiger partial charge in [0.05, 0.1) is 12.6 Å². The van der Waals surface area contributed by atoms with Crippen molar-refractivity contribution >= 4 is 5.91 Å². The summed E-state index contributed by atoms with van der Waals surface area (Å²) in [6.07, 6.45) is 4.50. The Morgan fingerprint density at radius 2 is 2.24 bits per heavy atom. The number of likely N-dealkylation sites (tertiary alicyclic amines) is 2. The second kappa shape index (κ2) is 5.56. The van der Waals surface area contributed by atoms with Crippen LogP contribution in [0.2, 0.25) is 0 Å². The maximum absolute atomic E-state index is 12.8. The number of halogens is 1. The Morgan fingerprint density at radius 1 is 1.43 bits per heavy atom. The van der Waals surface area contributed by atoms with Gasteiger partial charge in [0.25, 0.3) is 0 Å². The van der Waals surface area contributed by atoms with Crippen molar-refractivity contribution in [3.63, 3.8) is 0 Å². The van der Waals surface area contributed by atoms with Crippen LogP contribution in [-0.4, -0.2) is 53.4 Å². The first-order chi connectivity index (χ1) is 10.1. The van der Waals surface area contributed by atoms with Gasteiger partial charge in [-0.1, -0.05) is 6.08 Å². The molecule has 2 saturated heterocycles. The van der Waals surface area contributed by atoms with Crippen molar-refractivity contribution in [3.8, 4) is 0 Å². The summed E-state index contributed by atoms with van der Waals surface area (Å²) >= 11 is 0. The Hall–Kier alpha value is -1.75. The summed E-state index contributed by atoms with van der Waals surface area (Å²) in [5.74, 6) is -0.288. The third kappa shape index (κ3) is 2.97. The molecule has 0 saturated carbocycles. The van der Waals surface area contributed by atoms with Crippen LogP contribution in [-0.2, 0) is 11.2 Å². The third-order valence-corrected chi connectivity index (χ3v) is 4.43. The van der Waals surface area contributed by atoms with Crippen LogP contribution in [0.15, 0.2) is 31.0 Å². The predicted octanol–water partition coefficient (Wildman–Crippen LogP) is 1.48. The molecule has 0 bridgehead atoms. The van der Waals surface area contributed by atoms with Crippen LogP contribution < -0.4 is 0 Å². The molecule has 5 heteroatoms.